The number of hydrogen-bond donors (Lipinski definition) is 1. The molecular formula is C25H31N5O3. The highest BCUT2D eigenvalue weighted by Gasteiger charge is 2.19. The summed E-state index contributed by atoms with van der Waals surface area (Å²) in [6.07, 6.45) is 0.939. The Morgan fingerprint density at radius 1 is 1.06 bits per heavy atom. The maximum atomic E-state index is 13.3. The molecule has 0 atom stereocenters. The number of nitrogens with zero attached hydrogens (tertiary/aromatic N) is 4. The lowest BCUT2D eigenvalue weighted by Crippen LogP contribution is -2.37. The summed E-state index contributed by atoms with van der Waals surface area (Å²) in [4.78, 5) is 28.1. The number of nitrogens with one attached hydrogen (secondary N) is 1. The van der Waals surface area contributed by atoms with Gasteiger partial charge in [-0.15, -0.1) is 5.10 Å². The van der Waals surface area contributed by atoms with E-state index in [1.165, 1.54) is 14.8 Å². The number of hydrogen-bond acceptors (Lipinski definition) is 5. The second kappa shape index (κ2) is 10.6. The highest BCUT2D eigenvalue weighted by Crippen LogP contribution is 2.17. The van der Waals surface area contributed by atoms with Crippen LogP contribution in [0.4, 0.5) is 0 Å². The van der Waals surface area contributed by atoms with E-state index in [2.05, 4.69) is 15.3 Å². The second-order valence-corrected chi connectivity index (χ2v) is 8.56. The molecule has 33 heavy (non-hydrogen) atoms. The van der Waals surface area contributed by atoms with Gasteiger partial charge in [-0.3, -0.25) is 14.3 Å². The number of ether oxygens (including phenoxy) is 1. The fraction of sp³-hybridized carbons (Fsp3) is 0.400. The van der Waals surface area contributed by atoms with E-state index in [1.807, 2.05) is 68.4 Å². The van der Waals surface area contributed by atoms with Gasteiger partial charge in [-0.05, 0) is 38.0 Å². The third-order valence-electron chi connectivity index (χ3n) is 5.65. The number of carbonyl (C=O) groups excluding carboxylic acids is 1. The Morgan fingerprint density at radius 3 is 2.42 bits per heavy atom. The zero-order valence-corrected chi connectivity index (χ0v) is 19.2. The largest absolute Gasteiger partial charge is 0.379 e. The smallest absolute Gasteiger partial charge is 0.351 e. The first kappa shape index (κ1) is 22.9. The molecule has 1 aromatic heterocycles. The van der Waals surface area contributed by atoms with Gasteiger partial charge in [0, 0.05) is 31.2 Å². The average Bonchev–Trinajstić information content (AvgIpc) is 3.14. The summed E-state index contributed by atoms with van der Waals surface area (Å²) < 4.78 is 8.21. The van der Waals surface area contributed by atoms with Crippen molar-refractivity contribution in [2.24, 2.45) is 0 Å². The van der Waals surface area contributed by atoms with Gasteiger partial charge in [0.2, 0.25) is 5.91 Å². The van der Waals surface area contributed by atoms with Crippen molar-refractivity contribution in [3.05, 3.63) is 70.6 Å². The summed E-state index contributed by atoms with van der Waals surface area (Å²) in [5.41, 5.74) is 2.33. The Kier molecular flexibility index (Phi) is 7.36. The van der Waals surface area contributed by atoms with Gasteiger partial charge >= 0.3 is 5.69 Å². The molecule has 1 aliphatic heterocycles. The van der Waals surface area contributed by atoms with Crippen LogP contribution in [0.3, 0.4) is 0 Å². The molecule has 8 nitrogen and oxygen atoms in total. The van der Waals surface area contributed by atoms with E-state index < -0.39 is 0 Å². The molecule has 2 heterocycles. The first-order valence-corrected chi connectivity index (χ1v) is 11.5. The van der Waals surface area contributed by atoms with Crippen LogP contribution in [0.1, 0.15) is 19.4 Å². The molecule has 0 spiro atoms. The SMILES string of the molecule is CC(C)NC(=O)Cn1c(-c2ccccc2)nn(-c2ccc(CCN3CCOCC3)cc2)c1=O. The summed E-state index contributed by atoms with van der Waals surface area (Å²) in [6.45, 7) is 8.22. The van der Waals surface area contributed by atoms with Crippen molar-refractivity contribution < 1.29 is 9.53 Å². The predicted molar refractivity (Wildman–Crippen MR) is 128 cm³/mol. The zero-order valence-electron chi connectivity index (χ0n) is 19.2. The lowest BCUT2D eigenvalue weighted by atomic mass is 10.1. The van der Waals surface area contributed by atoms with Crippen molar-refractivity contribution in [3.8, 4) is 17.1 Å². The van der Waals surface area contributed by atoms with Crippen molar-refractivity contribution in [1.29, 1.82) is 0 Å². The van der Waals surface area contributed by atoms with Crippen LogP contribution in [0.15, 0.2) is 59.4 Å². The molecule has 1 N–H and O–H groups in total. The molecule has 1 amide bonds. The van der Waals surface area contributed by atoms with Crippen molar-refractivity contribution in [3.63, 3.8) is 0 Å². The molecular weight excluding hydrogens is 418 g/mol. The van der Waals surface area contributed by atoms with E-state index in [1.54, 1.807) is 0 Å². The Hall–Kier alpha value is -3.23. The van der Waals surface area contributed by atoms with E-state index >= 15 is 0 Å². The van der Waals surface area contributed by atoms with Crippen LogP contribution in [-0.4, -0.2) is 64.0 Å². The maximum Gasteiger partial charge on any atom is 0.351 e. The highest BCUT2D eigenvalue weighted by molar-refractivity contribution is 5.76. The van der Waals surface area contributed by atoms with Gasteiger partial charge in [0.15, 0.2) is 5.82 Å². The number of amides is 1. The molecule has 2 aromatic carbocycles. The van der Waals surface area contributed by atoms with Gasteiger partial charge in [0.1, 0.15) is 6.54 Å². The zero-order chi connectivity index (χ0) is 23.2. The van der Waals surface area contributed by atoms with Crippen LogP contribution in [0.25, 0.3) is 17.1 Å². The number of benzene rings is 2. The van der Waals surface area contributed by atoms with Crippen molar-refractivity contribution in [2.75, 3.05) is 32.8 Å². The minimum absolute atomic E-state index is 0.00608. The molecule has 1 saturated heterocycles. The van der Waals surface area contributed by atoms with E-state index in [-0.39, 0.29) is 24.2 Å². The minimum atomic E-state index is -0.339. The van der Waals surface area contributed by atoms with Gasteiger partial charge in [-0.2, -0.15) is 4.68 Å². The first-order chi connectivity index (χ1) is 16.0. The fourth-order valence-electron chi connectivity index (χ4n) is 3.93. The number of carbonyl (C=O) groups is 1. The van der Waals surface area contributed by atoms with Gasteiger partial charge in [-0.25, -0.2) is 4.79 Å². The average molecular weight is 450 g/mol. The second-order valence-electron chi connectivity index (χ2n) is 8.56. The maximum absolute atomic E-state index is 13.3. The number of aromatic nitrogens is 3. The van der Waals surface area contributed by atoms with Crippen LogP contribution < -0.4 is 11.0 Å². The minimum Gasteiger partial charge on any atom is -0.379 e. The van der Waals surface area contributed by atoms with Crippen LogP contribution in [0.2, 0.25) is 0 Å². The summed E-state index contributed by atoms with van der Waals surface area (Å²) in [5.74, 6) is 0.248. The lowest BCUT2D eigenvalue weighted by Gasteiger charge is -2.26. The van der Waals surface area contributed by atoms with E-state index in [0.29, 0.717) is 11.5 Å². The van der Waals surface area contributed by atoms with Gasteiger partial charge in [0.25, 0.3) is 0 Å². The molecule has 0 unspecified atom stereocenters. The van der Waals surface area contributed by atoms with Gasteiger partial charge in [-0.1, -0.05) is 42.5 Å². The van der Waals surface area contributed by atoms with Crippen LogP contribution >= 0.6 is 0 Å². The van der Waals surface area contributed by atoms with Gasteiger partial charge in [0.05, 0.1) is 18.9 Å². The predicted octanol–water partition coefficient (Wildman–Crippen LogP) is 2.10. The third-order valence-corrected chi connectivity index (χ3v) is 5.65. The molecule has 0 radical (unpaired) electrons. The Balaban J connectivity index is 1.58. The van der Waals surface area contributed by atoms with Crippen LogP contribution in [0, 0.1) is 0 Å². The lowest BCUT2D eigenvalue weighted by molar-refractivity contribution is -0.122. The molecule has 1 aliphatic rings. The van der Waals surface area contributed by atoms with Crippen LogP contribution in [0.5, 0.6) is 0 Å². The van der Waals surface area contributed by atoms with Crippen molar-refractivity contribution >= 4 is 5.91 Å². The molecule has 0 saturated carbocycles. The molecule has 0 bridgehead atoms. The topological polar surface area (TPSA) is 81.4 Å². The number of rotatable bonds is 8. The molecule has 0 aliphatic carbocycles. The van der Waals surface area contributed by atoms with E-state index in [0.717, 1.165) is 44.8 Å². The summed E-state index contributed by atoms with van der Waals surface area (Å²) in [7, 11) is 0. The number of morpholine rings is 1. The molecule has 3 aromatic rings. The summed E-state index contributed by atoms with van der Waals surface area (Å²) >= 11 is 0. The van der Waals surface area contributed by atoms with E-state index in [4.69, 9.17) is 4.74 Å². The Morgan fingerprint density at radius 2 is 1.76 bits per heavy atom. The van der Waals surface area contributed by atoms with Crippen molar-refractivity contribution in [2.45, 2.75) is 32.9 Å². The standard InChI is InChI=1S/C25H31N5O3/c1-19(2)26-23(31)18-29-24(21-6-4-3-5-7-21)27-30(25(29)32)22-10-8-20(9-11-22)12-13-28-14-16-33-17-15-28/h3-11,19H,12-18H2,1-2H3,(H,26,31). The third kappa shape index (κ3) is 5.77. The Bertz CT molecular complexity index is 1110. The van der Waals surface area contributed by atoms with Crippen LogP contribution in [-0.2, 0) is 22.5 Å². The van der Waals surface area contributed by atoms with E-state index in [9.17, 15) is 9.59 Å². The summed E-state index contributed by atoms with van der Waals surface area (Å²) in [6, 6.07) is 17.4. The highest BCUT2D eigenvalue weighted by atomic mass is 16.5. The van der Waals surface area contributed by atoms with Gasteiger partial charge < -0.3 is 10.1 Å². The first-order valence-electron chi connectivity index (χ1n) is 11.5. The molecule has 8 heteroatoms. The Labute approximate surface area is 193 Å². The normalized spacial score (nSPS) is 14.5. The molecule has 4 rings (SSSR count). The van der Waals surface area contributed by atoms with Crippen molar-refractivity contribution in [1.82, 2.24) is 24.6 Å². The summed E-state index contributed by atoms with van der Waals surface area (Å²) in [5, 5.41) is 7.44. The molecule has 174 valence electrons. The molecule has 1 fully saturated rings. The quantitative estimate of drug-likeness (QED) is 0.570. The fourth-order valence-corrected chi connectivity index (χ4v) is 3.93. The monoisotopic (exact) mass is 449 g/mol.